The van der Waals surface area contributed by atoms with Crippen LogP contribution in [0.1, 0.15) is 72.3 Å². The Morgan fingerprint density at radius 2 is 0.907 bits per heavy atom. The summed E-state index contributed by atoms with van der Waals surface area (Å²) in [5, 5.41) is 27.4. The predicted octanol–water partition coefficient (Wildman–Crippen LogP) is 13.0. The second-order valence-corrected chi connectivity index (χ2v) is 20.5. The van der Waals surface area contributed by atoms with Gasteiger partial charge in [0.2, 0.25) is 0 Å². The highest BCUT2D eigenvalue weighted by Gasteiger charge is 2.49. The van der Waals surface area contributed by atoms with Crippen LogP contribution in [0.15, 0.2) is 109 Å². The van der Waals surface area contributed by atoms with Crippen LogP contribution in [0.4, 0.5) is 18.9 Å². The van der Waals surface area contributed by atoms with Crippen molar-refractivity contribution in [3.05, 3.63) is 193 Å². The smallest absolute Gasteiger partial charge is 0.423 e. The lowest BCUT2D eigenvalue weighted by molar-refractivity contribution is -0.0501. The molecular formula is C59H56BF3N6O5S. The van der Waals surface area contributed by atoms with Crippen LogP contribution in [0, 0.1) is 101 Å². The highest BCUT2D eigenvalue weighted by molar-refractivity contribution is 7.88. The summed E-state index contributed by atoms with van der Waals surface area (Å²) in [5.74, 6) is -0.755. The molecule has 0 atom stereocenters. The summed E-state index contributed by atoms with van der Waals surface area (Å²) in [5.41, 5.74) is 15.9. The van der Waals surface area contributed by atoms with Crippen molar-refractivity contribution in [3.63, 3.8) is 0 Å². The lowest BCUT2D eigenvalue weighted by Crippen LogP contribution is -2.34. The maximum absolute atomic E-state index is 12.7. The zero-order valence-corrected chi connectivity index (χ0v) is 44.6. The molecule has 11 nitrogen and oxygen atoms in total. The van der Waals surface area contributed by atoms with Gasteiger partial charge in [-0.2, -0.15) is 26.9 Å². The number of hydrogen-bond acceptors (Lipinski definition) is 10. The first kappa shape index (κ1) is 56.3. The Kier molecular flexibility index (Phi) is 17.3. The monoisotopic (exact) mass is 1030 g/mol. The minimum atomic E-state index is -5.86. The fraction of sp³-hybridized carbons (Fsp3) is 0.220. The molecule has 0 bridgehead atoms. The summed E-state index contributed by atoms with van der Waals surface area (Å²) in [6.45, 7) is 30.4. The summed E-state index contributed by atoms with van der Waals surface area (Å²) in [7, 11) is -7.32. The molecule has 0 amide bonds. The number of nitriles is 1. The molecule has 0 fully saturated rings. The second kappa shape index (κ2) is 23.0. The van der Waals surface area contributed by atoms with E-state index in [9.17, 15) is 26.9 Å². The van der Waals surface area contributed by atoms with Crippen molar-refractivity contribution in [2.45, 2.75) is 88.6 Å². The highest BCUT2D eigenvalue weighted by Crippen LogP contribution is 2.37. The molecule has 2 N–H and O–H groups in total. The van der Waals surface area contributed by atoms with Crippen LogP contribution in [-0.2, 0) is 10.1 Å². The van der Waals surface area contributed by atoms with Gasteiger partial charge in [0.1, 0.15) is 5.69 Å². The molecule has 0 spiro atoms. The van der Waals surface area contributed by atoms with E-state index < -0.39 is 28.6 Å². The fourth-order valence-electron chi connectivity index (χ4n) is 9.21. The molecule has 2 heterocycles. The van der Waals surface area contributed by atoms with Gasteiger partial charge in [0.15, 0.2) is 5.69 Å². The summed E-state index contributed by atoms with van der Waals surface area (Å²) < 4.78 is 65.2. The maximum Gasteiger partial charge on any atom is 0.534 e. The molecule has 0 saturated heterocycles. The van der Waals surface area contributed by atoms with Crippen molar-refractivity contribution in [1.82, 2.24) is 19.9 Å². The van der Waals surface area contributed by atoms with E-state index in [2.05, 4.69) is 89.2 Å². The van der Waals surface area contributed by atoms with Gasteiger partial charge in [0, 0.05) is 27.8 Å². The number of benzene rings is 6. The topological polar surface area (TPSA) is 164 Å². The van der Waals surface area contributed by atoms with Crippen LogP contribution in [0.5, 0.6) is 5.88 Å². The third-order valence-electron chi connectivity index (χ3n) is 11.9. The van der Waals surface area contributed by atoms with E-state index in [1.807, 2.05) is 84.1 Å². The lowest BCUT2D eigenvalue weighted by Gasteiger charge is -2.15. The standard InChI is InChI=1S/C29H27N3.C21H19F3N2O3S.C9H10BNO2/c1-17-7-18(2)10-24(9-17)28-29(25-11-19(3)8-20(4)12-25)32-26(16-31-28)27-21(5)13-23(15-30)14-22(27)6;1-12-5-13(2)8-16(7-12)19-20(17-9-14(3)6-15(4)10-17)26-18(11-25-19)29-30(27,28)21(22,23)24;1-6-4-8(11-3)5-7(2)9(6)10(12)13/h7-14,16H,1-6H3;5-11H,1-4H3;4-5,12-13H,1-2H3. The molecule has 0 saturated carbocycles. The molecule has 2 aromatic heterocycles. The van der Waals surface area contributed by atoms with Gasteiger partial charge in [0.05, 0.1) is 53.4 Å². The number of aryl methyl sites for hydroxylation is 12. The Hall–Kier alpha value is -8.02. The van der Waals surface area contributed by atoms with E-state index in [-0.39, 0.29) is 5.69 Å². The number of rotatable bonds is 8. The Morgan fingerprint density at radius 1 is 0.547 bits per heavy atom. The van der Waals surface area contributed by atoms with E-state index in [0.717, 1.165) is 84.5 Å². The van der Waals surface area contributed by atoms with Crippen molar-refractivity contribution < 1.29 is 35.8 Å². The summed E-state index contributed by atoms with van der Waals surface area (Å²) in [4.78, 5) is 21.7. The van der Waals surface area contributed by atoms with Gasteiger partial charge in [0.25, 0.3) is 5.88 Å². The van der Waals surface area contributed by atoms with Crippen LogP contribution < -0.4 is 9.65 Å². The Balaban J connectivity index is 0.000000198. The van der Waals surface area contributed by atoms with E-state index in [4.69, 9.17) is 26.6 Å². The maximum atomic E-state index is 12.7. The fourth-order valence-corrected chi connectivity index (χ4v) is 9.61. The number of alkyl halides is 3. The molecule has 8 rings (SSSR count). The Labute approximate surface area is 437 Å². The van der Waals surface area contributed by atoms with Gasteiger partial charge in [-0.3, -0.25) is 4.98 Å². The van der Waals surface area contributed by atoms with E-state index >= 15 is 0 Å². The van der Waals surface area contributed by atoms with Crippen LogP contribution in [0.25, 0.3) is 61.1 Å². The quantitative estimate of drug-likeness (QED) is 0.0648. The molecule has 0 aliphatic carbocycles. The van der Waals surface area contributed by atoms with Gasteiger partial charge in [-0.05, 0) is 160 Å². The van der Waals surface area contributed by atoms with Crippen molar-refractivity contribution in [2.75, 3.05) is 0 Å². The SMILES string of the molecule is Cc1cc(C)cc(-c2ncc(-c3c(C)cc(C#N)cc3C)nc2-c2cc(C)cc(C)c2)c1.Cc1cc(C)cc(-c2ncc(OS(=O)(=O)C(F)(F)F)nc2-c2cc(C)cc(C)c2)c1.[C-]#[N+]c1cc(C)c(B(O)O)c(C)c1. The summed E-state index contributed by atoms with van der Waals surface area (Å²) in [6.07, 6.45) is 2.74. The van der Waals surface area contributed by atoms with Crippen LogP contribution in [-0.4, -0.2) is 51.0 Å². The van der Waals surface area contributed by atoms with E-state index in [0.29, 0.717) is 33.5 Å². The van der Waals surface area contributed by atoms with Crippen molar-refractivity contribution in [3.8, 4) is 68.2 Å². The average Bonchev–Trinajstić information content (AvgIpc) is 3.29. The summed E-state index contributed by atoms with van der Waals surface area (Å²) >= 11 is 0. The molecule has 382 valence electrons. The van der Waals surface area contributed by atoms with Crippen LogP contribution in [0.2, 0.25) is 0 Å². The molecule has 0 radical (unpaired) electrons. The van der Waals surface area contributed by atoms with Crippen LogP contribution in [0.3, 0.4) is 0 Å². The third-order valence-corrected chi connectivity index (χ3v) is 12.8. The number of nitrogens with zero attached hydrogens (tertiary/aromatic N) is 6. The van der Waals surface area contributed by atoms with E-state index in [1.165, 1.54) is 22.3 Å². The molecule has 16 heteroatoms. The number of hydrogen-bond donors (Lipinski definition) is 2. The first-order chi connectivity index (χ1) is 35.2. The zero-order valence-electron chi connectivity index (χ0n) is 43.8. The average molecular weight is 1030 g/mol. The summed E-state index contributed by atoms with van der Waals surface area (Å²) in [6, 6.07) is 33.6. The second-order valence-electron chi connectivity index (χ2n) is 18.9. The largest absolute Gasteiger partial charge is 0.534 e. The lowest BCUT2D eigenvalue weighted by atomic mass is 9.74. The minimum absolute atomic E-state index is 0.224. The normalized spacial score (nSPS) is 11.1. The zero-order chi connectivity index (χ0) is 55.3. The molecule has 6 aromatic carbocycles. The molecule has 0 unspecified atom stereocenters. The molecule has 0 aliphatic rings. The van der Waals surface area contributed by atoms with Gasteiger partial charge in [-0.15, -0.1) is 0 Å². The first-order valence-corrected chi connectivity index (χ1v) is 25.0. The minimum Gasteiger partial charge on any atom is -0.423 e. The van der Waals surface area contributed by atoms with Crippen LogP contribution >= 0.6 is 0 Å². The van der Waals surface area contributed by atoms with Gasteiger partial charge >= 0.3 is 22.7 Å². The first-order valence-electron chi connectivity index (χ1n) is 23.6. The van der Waals surface area contributed by atoms with E-state index in [1.54, 1.807) is 38.1 Å². The Morgan fingerprint density at radius 3 is 1.25 bits per heavy atom. The predicted molar refractivity (Wildman–Crippen MR) is 291 cm³/mol. The van der Waals surface area contributed by atoms with Gasteiger partial charge in [-0.1, -0.05) is 92.0 Å². The molecule has 8 aromatic rings. The third kappa shape index (κ3) is 13.8. The number of aromatic nitrogens is 4. The van der Waals surface area contributed by atoms with Crippen molar-refractivity contribution in [1.29, 1.82) is 5.26 Å². The Bertz CT molecular complexity index is 3570. The number of halogens is 3. The molecule has 0 aliphatic heterocycles. The van der Waals surface area contributed by atoms with Gasteiger partial charge < -0.3 is 14.2 Å². The highest BCUT2D eigenvalue weighted by atomic mass is 32.2. The molecular weight excluding hydrogens is 973 g/mol. The molecule has 75 heavy (non-hydrogen) atoms. The van der Waals surface area contributed by atoms with Crippen molar-refractivity contribution >= 4 is 28.4 Å². The van der Waals surface area contributed by atoms with Gasteiger partial charge in [-0.25, -0.2) is 19.8 Å². The van der Waals surface area contributed by atoms with Crippen molar-refractivity contribution in [2.24, 2.45) is 0 Å².